The van der Waals surface area contributed by atoms with Crippen LogP contribution >= 0.6 is 0 Å². The lowest BCUT2D eigenvalue weighted by Gasteiger charge is -2.06. The molecule has 6 nitrogen and oxygen atoms in total. The third kappa shape index (κ3) is 2.37. The molecule has 2 rings (SSSR count). The van der Waals surface area contributed by atoms with Crippen molar-refractivity contribution < 1.29 is 19.5 Å². The van der Waals surface area contributed by atoms with Crippen LogP contribution in [0, 0.1) is 6.92 Å². The van der Waals surface area contributed by atoms with Gasteiger partial charge in [-0.1, -0.05) is 0 Å². The molecule has 0 aliphatic rings. The smallest absolute Gasteiger partial charge is 0.366 e. The van der Waals surface area contributed by atoms with Crippen molar-refractivity contribution in [3.63, 3.8) is 0 Å². The first-order valence-electron chi connectivity index (χ1n) is 5.14. The minimum Gasteiger partial charge on any atom is -0.476 e. The molecule has 92 valence electrons. The van der Waals surface area contributed by atoms with E-state index in [0.717, 1.165) is 0 Å². The predicted octanol–water partition coefficient (Wildman–Crippen LogP) is 1.16. The fourth-order valence-electron chi connectivity index (χ4n) is 1.41. The zero-order valence-electron chi connectivity index (χ0n) is 9.53. The Morgan fingerprint density at radius 1 is 1.28 bits per heavy atom. The van der Waals surface area contributed by atoms with E-state index >= 15 is 0 Å². The van der Waals surface area contributed by atoms with Gasteiger partial charge in [0.2, 0.25) is 0 Å². The normalized spacial score (nSPS) is 10.1. The Labute approximate surface area is 102 Å². The summed E-state index contributed by atoms with van der Waals surface area (Å²) in [4.78, 5) is 31.6. The molecule has 0 aromatic carbocycles. The minimum atomic E-state index is -1.27. The predicted molar refractivity (Wildman–Crippen MR) is 61.3 cm³/mol. The Balaban J connectivity index is 2.32. The Bertz CT molecular complexity index is 590. The maximum absolute atomic E-state index is 11.8. The Morgan fingerprint density at radius 2 is 1.94 bits per heavy atom. The summed E-state index contributed by atoms with van der Waals surface area (Å²) in [6.45, 7) is 1.65. The molecule has 0 fully saturated rings. The molecule has 0 aliphatic heterocycles. The molecule has 0 unspecified atom stereocenters. The van der Waals surface area contributed by atoms with Crippen LogP contribution in [-0.2, 0) is 0 Å². The van der Waals surface area contributed by atoms with Crippen molar-refractivity contribution in [3.8, 4) is 0 Å². The van der Waals surface area contributed by atoms with Gasteiger partial charge in [-0.05, 0) is 31.2 Å². The molecule has 2 aromatic heterocycles. The molecular formula is C12H10N2O4. The molecule has 2 aromatic rings. The largest absolute Gasteiger partial charge is 0.476 e. The summed E-state index contributed by atoms with van der Waals surface area (Å²) in [6.07, 6.45) is 3.06. The molecule has 2 heterocycles. The first-order chi connectivity index (χ1) is 8.58. The van der Waals surface area contributed by atoms with E-state index in [-0.39, 0.29) is 11.3 Å². The standard InChI is InChI=1S/C12H10N2O4/c1-8-4-5-9(10(13-8)11(15)16)12(17)18-14-6-2-3-7-14/h2-7H,1H3,(H,15,16). The molecule has 0 aliphatic carbocycles. The Kier molecular flexibility index (Phi) is 3.09. The van der Waals surface area contributed by atoms with Gasteiger partial charge < -0.3 is 9.94 Å². The van der Waals surface area contributed by atoms with E-state index in [2.05, 4.69) is 4.98 Å². The maximum atomic E-state index is 11.8. The summed E-state index contributed by atoms with van der Waals surface area (Å²) in [5.41, 5.74) is 0.124. The van der Waals surface area contributed by atoms with Gasteiger partial charge >= 0.3 is 11.9 Å². The van der Waals surface area contributed by atoms with Crippen molar-refractivity contribution >= 4 is 11.9 Å². The third-order valence-electron chi connectivity index (χ3n) is 2.22. The molecule has 0 spiro atoms. The number of aromatic carboxylic acids is 1. The van der Waals surface area contributed by atoms with E-state index in [1.54, 1.807) is 25.1 Å². The van der Waals surface area contributed by atoms with Crippen molar-refractivity contribution in [3.05, 3.63) is 53.6 Å². The van der Waals surface area contributed by atoms with Crippen LogP contribution in [0.1, 0.15) is 26.5 Å². The fraction of sp³-hybridized carbons (Fsp3) is 0.0833. The topological polar surface area (TPSA) is 81.4 Å². The molecule has 18 heavy (non-hydrogen) atoms. The van der Waals surface area contributed by atoms with Crippen molar-refractivity contribution in [1.82, 2.24) is 9.71 Å². The van der Waals surface area contributed by atoms with E-state index in [4.69, 9.17) is 9.94 Å². The average Bonchev–Trinajstić information content (AvgIpc) is 2.81. The molecular weight excluding hydrogens is 236 g/mol. The van der Waals surface area contributed by atoms with Gasteiger partial charge in [0.25, 0.3) is 0 Å². The molecule has 0 bridgehead atoms. The van der Waals surface area contributed by atoms with Gasteiger partial charge in [0, 0.05) is 18.1 Å². The molecule has 0 saturated carbocycles. The van der Waals surface area contributed by atoms with Crippen molar-refractivity contribution in [2.24, 2.45) is 0 Å². The highest BCUT2D eigenvalue weighted by Crippen LogP contribution is 2.08. The lowest BCUT2D eigenvalue weighted by molar-refractivity contribution is 0.0453. The van der Waals surface area contributed by atoms with E-state index in [1.165, 1.54) is 23.2 Å². The van der Waals surface area contributed by atoms with Crippen LogP contribution < -0.4 is 4.84 Å². The van der Waals surface area contributed by atoms with Gasteiger partial charge in [-0.2, -0.15) is 4.73 Å². The number of rotatable bonds is 3. The number of pyridine rings is 1. The summed E-state index contributed by atoms with van der Waals surface area (Å²) < 4.78 is 1.19. The summed E-state index contributed by atoms with van der Waals surface area (Å²) in [5, 5.41) is 8.99. The molecule has 6 heteroatoms. The zero-order valence-corrected chi connectivity index (χ0v) is 9.53. The SMILES string of the molecule is Cc1ccc(C(=O)On2cccc2)c(C(=O)O)n1. The van der Waals surface area contributed by atoms with Crippen molar-refractivity contribution in [2.75, 3.05) is 0 Å². The third-order valence-corrected chi connectivity index (χ3v) is 2.22. The second kappa shape index (κ2) is 4.70. The van der Waals surface area contributed by atoms with Gasteiger partial charge in [0.05, 0.1) is 5.56 Å². The lowest BCUT2D eigenvalue weighted by Crippen LogP contribution is -2.22. The van der Waals surface area contributed by atoms with Crippen molar-refractivity contribution in [2.45, 2.75) is 6.92 Å². The highest BCUT2D eigenvalue weighted by molar-refractivity contribution is 6.01. The van der Waals surface area contributed by atoms with Crippen LogP contribution in [0.5, 0.6) is 0 Å². The van der Waals surface area contributed by atoms with Crippen LogP contribution in [0.15, 0.2) is 36.7 Å². The molecule has 0 saturated heterocycles. The first-order valence-corrected chi connectivity index (χ1v) is 5.14. The minimum absolute atomic E-state index is 0.0817. The van der Waals surface area contributed by atoms with Gasteiger partial charge in [-0.3, -0.25) is 0 Å². The molecule has 1 N–H and O–H groups in total. The number of hydrogen-bond acceptors (Lipinski definition) is 4. The van der Waals surface area contributed by atoms with Crippen LogP contribution in [0.2, 0.25) is 0 Å². The number of aromatic nitrogens is 2. The second-order valence-electron chi connectivity index (χ2n) is 3.58. The lowest BCUT2D eigenvalue weighted by atomic mass is 10.2. The van der Waals surface area contributed by atoms with Gasteiger partial charge in [0.15, 0.2) is 5.69 Å². The van der Waals surface area contributed by atoms with Gasteiger partial charge in [-0.25, -0.2) is 14.6 Å². The van der Waals surface area contributed by atoms with E-state index in [9.17, 15) is 9.59 Å². The van der Waals surface area contributed by atoms with E-state index < -0.39 is 11.9 Å². The van der Waals surface area contributed by atoms with Gasteiger partial charge in [-0.15, -0.1) is 0 Å². The number of aryl methyl sites for hydroxylation is 1. The van der Waals surface area contributed by atoms with Crippen LogP contribution in [0.4, 0.5) is 0 Å². The molecule has 0 amide bonds. The van der Waals surface area contributed by atoms with Crippen molar-refractivity contribution in [1.29, 1.82) is 0 Å². The number of carbonyl (C=O) groups excluding carboxylic acids is 1. The number of nitrogens with zero attached hydrogens (tertiary/aromatic N) is 2. The molecule has 0 radical (unpaired) electrons. The summed E-state index contributed by atoms with van der Waals surface area (Å²) in [5.74, 6) is -2.03. The summed E-state index contributed by atoms with van der Waals surface area (Å²) in [7, 11) is 0. The number of carbonyl (C=O) groups is 2. The van der Waals surface area contributed by atoms with E-state index in [1.807, 2.05) is 0 Å². The van der Waals surface area contributed by atoms with Crippen LogP contribution in [-0.4, -0.2) is 26.8 Å². The van der Waals surface area contributed by atoms with E-state index in [0.29, 0.717) is 5.69 Å². The summed E-state index contributed by atoms with van der Waals surface area (Å²) in [6, 6.07) is 6.30. The second-order valence-corrected chi connectivity index (χ2v) is 3.58. The maximum Gasteiger partial charge on any atom is 0.366 e. The fourth-order valence-corrected chi connectivity index (χ4v) is 1.41. The zero-order chi connectivity index (χ0) is 13.1. The average molecular weight is 246 g/mol. The number of hydrogen-bond donors (Lipinski definition) is 1. The molecule has 0 atom stereocenters. The number of carboxylic acids is 1. The van der Waals surface area contributed by atoms with Gasteiger partial charge in [0.1, 0.15) is 0 Å². The summed E-state index contributed by atoms with van der Waals surface area (Å²) >= 11 is 0. The van der Waals surface area contributed by atoms with Crippen LogP contribution in [0.3, 0.4) is 0 Å². The first kappa shape index (κ1) is 11.8. The quantitative estimate of drug-likeness (QED) is 0.878. The highest BCUT2D eigenvalue weighted by atomic mass is 16.7. The van der Waals surface area contributed by atoms with Crippen LogP contribution in [0.25, 0.3) is 0 Å². The monoisotopic (exact) mass is 246 g/mol. The highest BCUT2D eigenvalue weighted by Gasteiger charge is 2.20. The Hall–Kier alpha value is -2.63. The Morgan fingerprint density at radius 3 is 2.56 bits per heavy atom. The number of carboxylic acid groups (broad SMARTS) is 1.